The number of carbonyl (C=O) groups is 3. The van der Waals surface area contributed by atoms with Gasteiger partial charge >= 0.3 is 6.03 Å². The van der Waals surface area contributed by atoms with Crippen molar-refractivity contribution in [3.63, 3.8) is 0 Å². The molecule has 5 rings (SSSR count). The number of carbonyl (C=O) groups excluding carboxylic acids is 3. The van der Waals surface area contributed by atoms with Gasteiger partial charge < -0.3 is 15.6 Å². The van der Waals surface area contributed by atoms with E-state index >= 15 is 0 Å². The van der Waals surface area contributed by atoms with Crippen LogP contribution < -0.4 is 10.6 Å². The molecule has 1 aliphatic carbocycles. The SMILES string of the molecule is O=C(CN1C(=O)N[C@@]2(CCc3ccccc32)C1=O)NCCc1c[nH]c2ccccc12. The van der Waals surface area contributed by atoms with Gasteiger partial charge in [-0.25, -0.2) is 4.79 Å². The number of rotatable bonds is 5. The smallest absolute Gasteiger partial charge is 0.325 e. The van der Waals surface area contributed by atoms with E-state index in [0.29, 0.717) is 19.4 Å². The van der Waals surface area contributed by atoms with Gasteiger partial charge in [-0.3, -0.25) is 14.5 Å². The molecule has 0 unspecified atom stereocenters. The highest BCUT2D eigenvalue weighted by Gasteiger charge is 2.55. The number of benzene rings is 2. The van der Waals surface area contributed by atoms with Crippen molar-refractivity contribution in [1.82, 2.24) is 20.5 Å². The van der Waals surface area contributed by atoms with Crippen molar-refractivity contribution in [3.8, 4) is 0 Å². The summed E-state index contributed by atoms with van der Waals surface area (Å²) in [5.41, 5.74) is 3.04. The molecule has 0 radical (unpaired) electrons. The maximum absolute atomic E-state index is 13.1. The Morgan fingerprint density at radius 3 is 2.80 bits per heavy atom. The number of fused-ring (bicyclic) bond motifs is 3. The largest absolute Gasteiger partial charge is 0.361 e. The molecule has 1 aromatic heterocycles. The van der Waals surface area contributed by atoms with Crippen molar-refractivity contribution in [1.29, 1.82) is 0 Å². The van der Waals surface area contributed by atoms with Crippen molar-refractivity contribution >= 4 is 28.7 Å². The molecule has 4 amide bonds. The van der Waals surface area contributed by atoms with E-state index < -0.39 is 11.6 Å². The number of para-hydroxylation sites is 1. The third-order valence-corrected chi connectivity index (χ3v) is 6.12. The van der Waals surface area contributed by atoms with E-state index in [4.69, 9.17) is 0 Å². The van der Waals surface area contributed by atoms with Gasteiger partial charge in [0.15, 0.2) is 0 Å². The second-order valence-corrected chi connectivity index (χ2v) is 7.84. The average molecular weight is 402 g/mol. The molecular weight excluding hydrogens is 380 g/mol. The summed E-state index contributed by atoms with van der Waals surface area (Å²) in [6, 6.07) is 15.1. The van der Waals surface area contributed by atoms with Crippen LogP contribution in [0.1, 0.15) is 23.1 Å². The molecule has 3 N–H and O–H groups in total. The van der Waals surface area contributed by atoms with E-state index in [0.717, 1.165) is 38.9 Å². The first kappa shape index (κ1) is 18.4. The topological polar surface area (TPSA) is 94.3 Å². The molecule has 0 saturated carbocycles. The minimum atomic E-state index is -1.03. The summed E-state index contributed by atoms with van der Waals surface area (Å²) in [4.78, 5) is 42.3. The summed E-state index contributed by atoms with van der Waals surface area (Å²) in [5, 5.41) is 6.80. The monoisotopic (exact) mass is 402 g/mol. The Morgan fingerprint density at radius 2 is 1.90 bits per heavy atom. The maximum Gasteiger partial charge on any atom is 0.325 e. The van der Waals surface area contributed by atoms with Crippen LogP contribution in [0.4, 0.5) is 4.79 Å². The molecule has 7 heteroatoms. The Hall–Kier alpha value is -3.61. The molecule has 1 fully saturated rings. The second kappa shape index (κ2) is 7.02. The summed E-state index contributed by atoms with van der Waals surface area (Å²) in [7, 11) is 0. The highest BCUT2D eigenvalue weighted by molar-refractivity contribution is 6.09. The van der Waals surface area contributed by atoms with E-state index in [1.54, 1.807) is 0 Å². The Labute approximate surface area is 173 Å². The number of H-pyrrole nitrogens is 1. The highest BCUT2D eigenvalue weighted by Crippen LogP contribution is 2.41. The number of hydrogen-bond acceptors (Lipinski definition) is 3. The van der Waals surface area contributed by atoms with Crippen LogP contribution in [-0.2, 0) is 28.0 Å². The fourth-order valence-electron chi connectivity index (χ4n) is 4.61. The first-order chi connectivity index (χ1) is 14.6. The van der Waals surface area contributed by atoms with E-state index in [2.05, 4.69) is 15.6 Å². The zero-order valence-electron chi connectivity index (χ0n) is 16.4. The molecule has 30 heavy (non-hydrogen) atoms. The summed E-state index contributed by atoms with van der Waals surface area (Å²) in [6.45, 7) is 0.154. The number of hydrogen-bond donors (Lipinski definition) is 3. The number of nitrogens with zero attached hydrogens (tertiary/aromatic N) is 1. The molecule has 1 spiro atoms. The molecule has 1 atom stereocenters. The lowest BCUT2D eigenvalue weighted by atomic mass is 9.92. The number of aromatic amines is 1. The fourth-order valence-corrected chi connectivity index (χ4v) is 4.61. The number of aromatic nitrogens is 1. The molecule has 7 nitrogen and oxygen atoms in total. The third kappa shape index (κ3) is 2.85. The molecule has 1 aliphatic heterocycles. The van der Waals surface area contributed by atoms with E-state index in [1.165, 1.54) is 0 Å². The number of amides is 4. The summed E-state index contributed by atoms with van der Waals surface area (Å²) >= 11 is 0. The predicted molar refractivity (Wildman–Crippen MR) is 112 cm³/mol. The minimum absolute atomic E-state index is 0.275. The van der Waals surface area contributed by atoms with Gasteiger partial charge in [-0.2, -0.15) is 0 Å². The molecule has 2 aromatic carbocycles. The fraction of sp³-hybridized carbons (Fsp3) is 0.261. The Morgan fingerprint density at radius 1 is 1.10 bits per heavy atom. The van der Waals surface area contributed by atoms with Gasteiger partial charge in [-0.1, -0.05) is 42.5 Å². The quantitative estimate of drug-likeness (QED) is 0.571. The molecule has 1 saturated heterocycles. The maximum atomic E-state index is 13.1. The van der Waals surface area contributed by atoms with Gasteiger partial charge in [0.05, 0.1) is 0 Å². The van der Waals surface area contributed by atoms with E-state index in [1.807, 2.05) is 54.7 Å². The molecule has 152 valence electrons. The lowest BCUT2D eigenvalue weighted by molar-refractivity contribution is -0.135. The molecule has 3 aromatic rings. The van der Waals surface area contributed by atoms with Gasteiger partial charge in [0, 0.05) is 23.6 Å². The van der Waals surface area contributed by atoms with Crippen molar-refractivity contribution in [3.05, 3.63) is 71.4 Å². The minimum Gasteiger partial charge on any atom is -0.361 e. The molecule has 2 aliphatic rings. The van der Waals surface area contributed by atoms with Crippen molar-refractivity contribution < 1.29 is 14.4 Å². The van der Waals surface area contributed by atoms with Crippen molar-refractivity contribution in [2.75, 3.05) is 13.1 Å². The number of imide groups is 1. The third-order valence-electron chi connectivity index (χ3n) is 6.12. The predicted octanol–water partition coefficient (Wildman–Crippen LogP) is 2.22. The van der Waals surface area contributed by atoms with Crippen LogP contribution in [0.25, 0.3) is 10.9 Å². The van der Waals surface area contributed by atoms with E-state index in [-0.39, 0.29) is 18.4 Å². The normalized spacial score (nSPS) is 20.1. The van der Waals surface area contributed by atoms with Crippen molar-refractivity contribution in [2.45, 2.75) is 24.8 Å². The summed E-state index contributed by atoms with van der Waals surface area (Å²) in [6.07, 6.45) is 3.85. The van der Waals surface area contributed by atoms with Crippen LogP contribution in [0.3, 0.4) is 0 Å². The number of nitrogens with one attached hydrogen (secondary N) is 3. The Kier molecular flexibility index (Phi) is 4.31. The zero-order valence-corrected chi connectivity index (χ0v) is 16.4. The summed E-state index contributed by atoms with van der Waals surface area (Å²) in [5.74, 6) is -0.689. The van der Waals surface area contributed by atoms with Gasteiger partial charge in [-0.05, 0) is 42.0 Å². The number of urea groups is 1. The van der Waals surface area contributed by atoms with Gasteiger partial charge in [0.25, 0.3) is 5.91 Å². The van der Waals surface area contributed by atoms with Crippen molar-refractivity contribution in [2.24, 2.45) is 0 Å². The Bertz CT molecular complexity index is 1170. The molecule has 0 bridgehead atoms. The Balaban J connectivity index is 1.22. The van der Waals surface area contributed by atoms with Crippen LogP contribution in [0.5, 0.6) is 0 Å². The first-order valence-corrected chi connectivity index (χ1v) is 10.1. The van der Waals surface area contributed by atoms with Crippen LogP contribution >= 0.6 is 0 Å². The molecular formula is C23H22N4O3. The van der Waals surface area contributed by atoms with Gasteiger partial charge in [0.1, 0.15) is 12.1 Å². The average Bonchev–Trinajstić information content (AvgIpc) is 3.40. The number of aryl methyl sites for hydroxylation is 1. The standard InChI is InChI=1S/C23H22N4O3/c28-20(24-12-10-16-13-25-19-8-4-2-6-17(16)19)14-27-21(29)23(26-22(27)30)11-9-15-5-1-3-7-18(15)23/h1-8,13,25H,9-12,14H2,(H,24,28)(H,26,30)/t23-/m1/s1. The zero-order chi connectivity index (χ0) is 20.7. The first-order valence-electron chi connectivity index (χ1n) is 10.1. The second-order valence-electron chi connectivity index (χ2n) is 7.84. The van der Waals surface area contributed by atoms with Gasteiger partial charge in [-0.15, -0.1) is 0 Å². The van der Waals surface area contributed by atoms with Crippen LogP contribution in [0.2, 0.25) is 0 Å². The van der Waals surface area contributed by atoms with Crippen LogP contribution in [0.15, 0.2) is 54.7 Å². The summed E-state index contributed by atoms with van der Waals surface area (Å²) < 4.78 is 0. The van der Waals surface area contributed by atoms with Crippen LogP contribution in [0, 0.1) is 0 Å². The van der Waals surface area contributed by atoms with Gasteiger partial charge in [0.2, 0.25) is 5.91 Å². The lowest BCUT2D eigenvalue weighted by Gasteiger charge is -2.22. The van der Waals surface area contributed by atoms with Crippen LogP contribution in [-0.4, -0.2) is 40.8 Å². The van der Waals surface area contributed by atoms with E-state index in [9.17, 15) is 14.4 Å². The molecule has 2 heterocycles. The highest BCUT2D eigenvalue weighted by atomic mass is 16.2. The lowest BCUT2D eigenvalue weighted by Crippen LogP contribution is -2.44.